The number of carbonyl (C=O) groups is 3. The molecule has 8 nitrogen and oxygen atoms in total. The summed E-state index contributed by atoms with van der Waals surface area (Å²) in [5, 5.41) is 6.98. The van der Waals surface area contributed by atoms with Gasteiger partial charge in [0.1, 0.15) is 12.4 Å². The van der Waals surface area contributed by atoms with Gasteiger partial charge in [0.2, 0.25) is 5.91 Å². The number of hydrogen-bond acceptors (Lipinski definition) is 6. The van der Waals surface area contributed by atoms with Gasteiger partial charge in [0.15, 0.2) is 11.5 Å². The number of hydrogen-bond donors (Lipinski definition) is 1. The monoisotopic (exact) mass is 371 g/mol. The molecule has 0 bridgehead atoms. The molecule has 3 rings (SSSR count). The Labute approximate surface area is 153 Å². The number of methoxy groups -OCH3 is 1. The summed E-state index contributed by atoms with van der Waals surface area (Å²) in [7, 11) is 1.38. The average molecular weight is 371 g/mol. The Kier molecular flexibility index (Phi) is 5.11. The Morgan fingerprint density at radius 3 is 2.67 bits per heavy atom. The predicted molar refractivity (Wildman–Crippen MR) is 92.2 cm³/mol. The minimum atomic E-state index is -0.861. The van der Waals surface area contributed by atoms with Crippen LogP contribution in [0.1, 0.15) is 15.9 Å². The molecule has 0 aromatic heterocycles. The molecule has 0 saturated carbocycles. The molecule has 2 aromatic rings. The zero-order valence-electron chi connectivity index (χ0n) is 14.1. The van der Waals surface area contributed by atoms with Crippen molar-refractivity contribution >= 4 is 24.1 Å². The fourth-order valence-corrected chi connectivity index (χ4v) is 2.29. The van der Waals surface area contributed by atoms with E-state index in [0.717, 1.165) is 11.1 Å². The maximum absolute atomic E-state index is 13.7. The van der Waals surface area contributed by atoms with Crippen LogP contribution in [0.5, 0.6) is 11.5 Å². The first-order valence-corrected chi connectivity index (χ1v) is 7.78. The van der Waals surface area contributed by atoms with Gasteiger partial charge in [-0.1, -0.05) is 12.1 Å². The molecule has 2 aromatic carbocycles. The Balaban J connectivity index is 1.76. The summed E-state index contributed by atoms with van der Waals surface area (Å²) in [5.41, 5.74) is 0.333. The zero-order chi connectivity index (χ0) is 19.4. The lowest BCUT2D eigenvalue weighted by Crippen LogP contribution is -2.24. The van der Waals surface area contributed by atoms with Gasteiger partial charge in [-0.25, -0.2) is 19.0 Å². The average Bonchev–Trinajstić information content (AvgIpc) is 2.98. The van der Waals surface area contributed by atoms with Gasteiger partial charge in [-0.2, -0.15) is 5.10 Å². The van der Waals surface area contributed by atoms with Gasteiger partial charge in [-0.3, -0.25) is 10.1 Å². The molecule has 27 heavy (non-hydrogen) atoms. The van der Waals surface area contributed by atoms with Crippen molar-refractivity contribution in [2.45, 2.75) is 0 Å². The van der Waals surface area contributed by atoms with Crippen molar-refractivity contribution in [3.8, 4) is 11.5 Å². The van der Waals surface area contributed by atoms with Crippen LogP contribution in [0, 0.1) is 5.82 Å². The van der Waals surface area contributed by atoms with Crippen molar-refractivity contribution in [1.29, 1.82) is 0 Å². The van der Waals surface area contributed by atoms with Gasteiger partial charge in [-0.05, 0) is 35.9 Å². The van der Waals surface area contributed by atoms with E-state index >= 15 is 0 Å². The standard InChI is InChI=1S/C18H14FN3O5/c1-26-15-8-11(9-20-22-10-16(23)21-18(22)25)6-7-14(15)27-17(24)12-4-2-3-5-13(12)19/h2-9H,10H2,1H3,(H,21,23,25)/b20-9-. The number of halogens is 1. The summed E-state index contributed by atoms with van der Waals surface area (Å²) in [6, 6.07) is 9.38. The molecule has 1 saturated heterocycles. The van der Waals surface area contributed by atoms with Crippen LogP contribution >= 0.6 is 0 Å². The summed E-state index contributed by atoms with van der Waals surface area (Å²) >= 11 is 0. The van der Waals surface area contributed by atoms with Gasteiger partial charge in [0, 0.05) is 0 Å². The fourth-order valence-electron chi connectivity index (χ4n) is 2.29. The van der Waals surface area contributed by atoms with Crippen LogP contribution in [0.3, 0.4) is 0 Å². The van der Waals surface area contributed by atoms with Gasteiger partial charge in [-0.15, -0.1) is 0 Å². The van der Waals surface area contributed by atoms with E-state index in [1.807, 2.05) is 0 Å². The fraction of sp³-hybridized carbons (Fsp3) is 0.111. The minimum Gasteiger partial charge on any atom is -0.493 e. The SMILES string of the molecule is COc1cc(/C=N\N2CC(=O)NC2=O)ccc1OC(=O)c1ccccc1F. The van der Waals surface area contributed by atoms with Gasteiger partial charge in [0.25, 0.3) is 0 Å². The Hall–Kier alpha value is -3.75. The summed E-state index contributed by atoms with van der Waals surface area (Å²) in [5.74, 6) is -1.68. The third kappa shape index (κ3) is 4.09. The number of amides is 3. The minimum absolute atomic E-state index is 0.0944. The van der Waals surface area contributed by atoms with Gasteiger partial charge in [0.05, 0.1) is 18.9 Å². The lowest BCUT2D eigenvalue weighted by molar-refractivity contribution is -0.118. The molecule has 3 amide bonds. The molecule has 1 aliphatic heterocycles. The topological polar surface area (TPSA) is 97.3 Å². The van der Waals surface area contributed by atoms with Crippen molar-refractivity contribution in [2.75, 3.05) is 13.7 Å². The molecule has 1 N–H and O–H groups in total. The molecule has 0 radical (unpaired) electrons. The molecule has 1 heterocycles. The van der Waals surface area contributed by atoms with Crippen LogP contribution in [-0.4, -0.2) is 42.8 Å². The second-order valence-electron chi connectivity index (χ2n) is 5.44. The van der Waals surface area contributed by atoms with Crippen molar-refractivity contribution in [3.63, 3.8) is 0 Å². The van der Waals surface area contributed by atoms with Crippen LogP contribution in [0.2, 0.25) is 0 Å². The number of hydrazone groups is 1. The van der Waals surface area contributed by atoms with Crippen molar-refractivity contribution in [3.05, 3.63) is 59.4 Å². The second kappa shape index (κ2) is 7.65. The van der Waals surface area contributed by atoms with E-state index in [2.05, 4.69) is 10.4 Å². The first kappa shape index (κ1) is 18.1. The number of esters is 1. The maximum atomic E-state index is 13.7. The highest BCUT2D eigenvalue weighted by Crippen LogP contribution is 2.28. The number of benzene rings is 2. The van der Waals surface area contributed by atoms with E-state index in [1.54, 1.807) is 6.07 Å². The van der Waals surface area contributed by atoms with E-state index < -0.39 is 23.7 Å². The Bertz CT molecular complexity index is 944. The molecule has 1 aliphatic rings. The number of rotatable bonds is 5. The Morgan fingerprint density at radius 2 is 2.00 bits per heavy atom. The lowest BCUT2D eigenvalue weighted by Gasteiger charge is -2.10. The molecule has 0 atom stereocenters. The number of urea groups is 1. The molecule has 0 unspecified atom stereocenters. The Morgan fingerprint density at radius 1 is 1.22 bits per heavy atom. The lowest BCUT2D eigenvalue weighted by atomic mass is 10.2. The molecule has 9 heteroatoms. The number of nitrogens with one attached hydrogen (secondary N) is 1. The van der Waals surface area contributed by atoms with Crippen LogP contribution in [0.25, 0.3) is 0 Å². The van der Waals surface area contributed by atoms with Crippen molar-refractivity contribution < 1.29 is 28.2 Å². The highest BCUT2D eigenvalue weighted by atomic mass is 19.1. The quantitative estimate of drug-likeness (QED) is 0.375. The molecule has 1 fully saturated rings. The van der Waals surface area contributed by atoms with Crippen molar-refractivity contribution in [1.82, 2.24) is 10.3 Å². The summed E-state index contributed by atoms with van der Waals surface area (Å²) < 4.78 is 24.1. The zero-order valence-corrected chi connectivity index (χ0v) is 14.1. The molecule has 0 spiro atoms. The summed E-state index contributed by atoms with van der Waals surface area (Å²) in [4.78, 5) is 34.7. The third-order valence-corrected chi connectivity index (χ3v) is 3.60. The first-order chi connectivity index (χ1) is 13.0. The maximum Gasteiger partial charge on any atom is 0.346 e. The smallest absolute Gasteiger partial charge is 0.346 e. The third-order valence-electron chi connectivity index (χ3n) is 3.60. The summed E-state index contributed by atoms with van der Waals surface area (Å²) in [6.45, 7) is -0.162. The highest BCUT2D eigenvalue weighted by Gasteiger charge is 2.26. The van der Waals surface area contributed by atoms with Crippen LogP contribution in [-0.2, 0) is 4.79 Å². The molecular weight excluding hydrogens is 357 g/mol. The first-order valence-electron chi connectivity index (χ1n) is 7.78. The van der Waals surface area contributed by atoms with Gasteiger partial charge >= 0.3 is 12.0 Å². The molecule has 138 valence electrons. The van der Waals surface area contributed by atoms with Crippen LogP contribution in [0.4, 0.5) is 9.18 Å². The van der Waals surface area contributed by atoms with E-state index in [-0.39, 0.29) is 23.6 Å². The number of imide groups is 1. The van der Waals surface area contributed by atoms with E-state index in [9.17, 15) is 18.8 Å². The summed E-state index contributed by atoms with van der Waals surface area (Å²) in [6.07, 6.45) is 1.35. The van der Waals surface area contributed by atoms with E-state index in [1.165, 1.54) is 43.7 Å². The van der Waals surface area contributed by atoms with Crippen molar-refractivity contribution in [2.24, 2.45) is 5.10 Å². The molecule has 0 aliphatic carbocycles. The van der Waals surface area contributed by atoms with E-state index in [0.29, 0.717) is 5.56 Å². The normalized spacial score (nSPS) is 13.8. The van der Waals surface area contributed by atoms with E-state index in [4.69, 9.17) is 9.47 Å². The highest BCUT2D eigenvalue weighted by molar-refractivity contribution is 6.02. The second-order valence-corrected chi connectivity index (χ2v) is 5.44. The number of ether oxygens (including phenoxy) is 2. The van der Waals surface area contributed by atoms with Gasteiger partial charge < -0.3 is 9.47 Å². The van der Waals surface area contributed by atoms with Crippen LogP contribution < -0.4 is 14.8 Å². The molecular formula is C18H14FN3O5. The number of nitrogens with zero attached hydrogens (tertiary/aromatic N) is 2. The van der Waals surface area contributed by atoms with Crippen LogP contribution in [0.15, 0.2) is 47.6 Å². The predicted octanol–water partition coefficient (Wildman–Crippen LogP) is 1.94. The number of carbonyl (C=O) groups excluding carboxylic acids is 3. The largest absolute Gasteiger partial charge is 0.493 e.